The van der Waals surface area contributed by atoms with Crippen LogP contribution in [-0.4, -0.2) is 47.4 Å². The highest BCUT2D eigenvalue weighted by Gasteiger charge is 2.42. The number of rotatable bonds is 3. The first-order valence-electron chi connectivity index (χ1n) is 9.20. The van der Waals surface area contributed by atoms with Crippen LogP contribution in [0.4, 0.5) is 5.82 Å². The maximum absolute atomic E-state index is 12.5. The summed E-state index contributed by atoms with van der Waals surface area (Å²) in [4.78, 5) is 14.7. The number of aromatic nitrogens is 2. The molecule has 24 heavy (non-hydrogen) atoms. The molecule has 4 rings (SSSR count). The van der Waals surface area contributed by atoms with Crippen molar-refractivity contribution < 1.29 is 9.53 Å². The molecule has 6 heteroatoms. The van der Waals surface area contributed by atoms with Crippen molar-refractivity contribution in [2.75, 3.05) is 18.0 Å². The molecule has 3 fully saturated rings. The molecule has 2 saturated heterocycles. The predicted molar refractivity (Wildman–Crippen MR) is 90.8 cm³/mol. The Kier molecular flexibility index (Phi) is 4.39. The molecule has 130 valence electrons. The fourth-order valence-corrected chi connectivity index (χ4v) is 4.23. The van der Waals surface area contributed by atoms with Gasteiger partial charge in [0.25, 0.3) is 0 Å². The summed E-state index contributed by atoms with van der Waals surface area (Å²) in [5, 5.41) is 11.6. The van der Waals surface area contributed by atoms with Crippen LogP contribution in [0, 0.1) is 12.8 Å². The molecule has 0 bridgehead atoms. The van der Waals surface area contributed by atoms with Crippen LogP contribution < -0.4 is 10.2 Å². The van der Waals surface area contributed by atoms with Crippen molar-refractivity contribution in [3.05, 3.63) is 17.8 Å². The lowest BCUT2D eigenvalue weighted by molar-refractivity contribution is -0.132. The molecule has 1 aromatic heterocycles. The number of ether oxygens (including phenoxy) is 1. The molecule has 0 unspecified atom stereocenters. The zero-order valence-corrected chi connectivity index (χ0v) is 14.3. The summed E-state index contributed by atoms with van der Waals surface area (Å²) in [6, 6.07) is 4.37. The lowest BCUT2D eigenvalue weighted by Crippen LogP contribution is -2.43. The van der Waals surface area contributed by atoms with E-state index in [0.29, 0.717) is 12.0 Å². The Morgan fingerprint density at radius 1 is 1.25 bits per heavy atom. The molecule has 0 spiro atoms. The van der Waals surface area contributed by atoms with Gasteiger partial charge in [0.2, 0.25) is 5.91 Å². The van der Waals surface area contributed by atoms with Gasteiger partial charge in [0.1, 0.15) is 6.10 Å². The van der Waals surface area contributed by atoms with E-state index in [0.717, 1.165) is 50.3 Å². The Labute approximate surface area is 143 Å². The lowest BCUT2D eigenvalue weighted by atomic mass is 9.91. The highest BCUT2D eigenvalue weighted by atomic mass is 16.5. The third-order valence-electron chi connectivity index (χ3n) is 5.65. The van der Waals surface area contributed by atoms with Crippen LogP contribution in [0.25, 0.3) is 0 Å². The normalized spacial score (nSPS) is 30.4. The molecule has 3 atom stereocenters. The standard InChI is InChI=1S/C18H26N4O2/c1-12-6-7-17(21-20-12)22-9-8-13-10-15(24-16(13)11-22)18(23)19-14-4-2-3-5-14/h6-7,13-16H,2-5,8-11H2,1H3,(H,19,23)/t13-,15-,16+/m1/s1. The van der Waals surface area contributed by atoms with Gasteiger partial charge in [-0.25, -0.2) is 0 Å². The molecular formula is C18H26N4O2. The summed E-state index contributed by atoms with van der Waals surface area (Å²) in [7, 11) is 0. The van der Waals surface area contributed by atoms with Gasteiger partial charge in [0, 0.05) is 19.1 Å². The highest BCUT2D eigenvalue weighted by Crippen LogP contribution is 2.34. The van der Waals surface area contributed by atoms with Crippen LogP contribution in [0.2, 0.25) is 0 Å². The number of hydrogen-bond acceptors (Lipinski definition) is 5. The quantitative estimate of drug-likeness (QED) is 0.916. The zero-order chi connectivity index (χ0) is 16.5. The average Bonchev–Trinajstić information content (AvgIpc) is 3.24. The van der Waals surface area contributed by atoms with Crippen LogP contribution in [0.1, 0.15) is 44.2 Å². The third kappa shape index (κ3) is 3.24. The van der Waals surface area contributed by atoms with Crippen molar-refractivity contribution in [3.8, 4) is 0 Å². The van der Waals surface area contributed by atoms with Crippen LogP contribution in [0.15, 0.2) is 12.1 Å². The van der Waals surface area contributed by atoms with Crippen molar-refractivity contribution >= 4 is 11.7 Å². The number of fused-ring (bicyclic) bond motifs is 1. The largest absolute Gasteiger partial charge is 0.363 e. The van der Waals surface area contributed by atoms with E-state index in [1.807, 2.05) is 19.1 Å². The van der Waals surface area contributed by atoms with Crippen molar-refractivity contribution in [1.82, 2.24) is 15.5 Å². The molecule has 3 aliphatic rings. The molecule has 2 aliphatic heterocycles. The molecule has 1 aromatic rings. The Balaban J connectivity index is 1.35. The van der Waals surface area contributed by atoms with E-state index >= 15 is 0 Å². The third-order valence-corrected chi connectivity index (χ3v) is 5.65. The lowest BCUT2D eigenvalue weighted by Gasteiger charge is -2.34. The van der Waals surface area contributed by atoms with Gasteiger partial charge in [0.05, 0.1) is 11.8 Å². The number of amides is 1. The van der Waals surface area contributed by atoms with Gasteiger partial charge in [-0.05, 0) is 50.7 Å². The summed E-state index contributed by atoms with van der Waals surface area (Å²) in [6.07, 6.45) is 6.45. The van der Waals surface area contributed by atoms with Gasteiger partial charge in [-0.15, -0.1) is 5.10 Å². The minimum absolute atomic E-state index is 0.0953. The molecular weight excluding hydrogens is 304 g/mol. The van der Waals surface area contributed by atoms with E-state index < -0.39 is 0 Å². The number of nitrogens with zero attached hydrogens (tertiary/aromatic N) is 3. The minimum atomic E-state index is -0.273. The van der Waals surface area contributed by atoms with E-state index in [1.54, 1.807) is 0 Å². The number of carbonyl (C=O) groups is 1. The van der Waals surface area contributed by atoms with E-state index in [1.165, 1.54) is 12.8 Å². The van der Waals surface area contributed by atoms with E-state index in [4.69, 9.17) is 4.74 Å². The topological polar surface area (TPSA) is 67.4 Å². The molecule has 1 aliphatic carbocycles. The molecule has 1 saturated carbocycles. The number of nitrogens with one attached hydrogen (secondary N) is 1. The minimum Gasteiger partial charge on any atom is -0.363 e. The van der Waals surface area contributed by atoms with Crippen molar-refractivity contribution in [2.45, 2.75) is 63.7 Å². The number of carbonyl (C=O) groups excluding carboxylic acids is 1. The van der Waals surface area contributed by atoms with E-state index in [9.17, 15) is 4.79 Å². The summed E-state index contributed by atoms with van der Waals surface area (Å²) in [5.41, 5.74) is 0.925. The van der Waals surface area contributed by atoms with Crippen LogP contribution >= 0.6 is 0 Å². The maximum Gasteiger partial charge on any atom is 0.249 e. The Morgan fingerprint density at radius 3 is 2.83 bits per heavy atom. The molecule has 0 aromatic carbocycles. The second-order valence-corrected chi connectivity index (χ2v) is 7.42. The van der Waals surface area contributed by atoms with Gasteiger partial charge in [0.15, 0.2) is 5.82 Å². The Bertz CT molecular complexity index is 585. The fourth-order valence-electron chi connectivity index (χ4n) is 4.23. The number of hydrogen-bond donors (Lipinski definition) is 1. The van der Waals surface area contributed by atoms with Crippen LogP contribution in [0.5, 0.6) is 0 Å². The highest BCUT2D eigenvalue weighted by molar-refractivity contribution is 5.81. The average molecular weight is 330 g/mol. The van der Waals surface area contributed by atoms with Gasteiger partial charge < -0.3 is 15.0 Å². The second-order valence-electron chi connectivity index (χ2n) is 7.42. The molecule has 1 N–H and O–H groups in total. The Hall–Kier alpha value is -1.69. The van der Waals surface area contributed by atoms with Crippen molar-refractivity contribution in [3.63, 3.8) is 0 Å². The second kappa shape index (κ2) is 6.67. The van der Waals surface area contributed by atoms with Crippen LogP contribution in [-0.2, 0) is 9.53 Å². The van der Waals surface area contributed by atoms with Gasteiger partial charge >= 0.3 is 0 Å². The molecule has 0 radical (unpaired) electrons. The molecule has 3 heterocycles. The number of anilines is 1. The predicted octanol–water partition coefficient (Wildman–Crippen LogP) is 1.83. The first-order valence-corrected chi connectivity index (χ1v) is 9.20. The van der Waals surface area contributed by atoms with Gasteiger partial charge in [-0.3, -0.25) is 4.79 Å². The van der Waals surface area contributed by atoms with E-state index in [2.05, 4.69) is 20.4 Å². The van der Waals surface area contributed by atoms with Crippen molar-refractivity contribution in [1.29, 1.82) is 0 Å². The zero-order valence-electron chi connectivity index (χ0n) is 14.3. The number of aryl methyl sites for hydroxylation is 1. The Morgan fingerprint density at radius 2 is 2.08 bits per heavy atom. The summed E-state index contributed by atoms with van der Waals surface area (Å²) >= 11 is 0. The fraction of sp³-hybridized carbons (Fsp3) is 0.722. The first kappa shape index (κ1) is 15.8. The summed E-state index contributed by atoms with van der Waals surface area (Å²) < 4.78 is 6.11. The van der Waals surface area contributed by atoms with Gasteiger partial charge in [-0.2, -0.15) is 5.10 Å². The number of piperidine rings is 1. The molecule has 1 amide bonds. The SMILES string of the molecule is Cc1ccc(N2CC[C@@H]3C[C@H](C(=O)NC4CCCC4)O[C@H]3C2)nn1. The monoisotopic (exact) mass is 330 g/mol. The van der Waals surface area contributed by atoms with Gasteiger partial charge in [-0.1, -0.05) is 12.8 Å². The van der Waals surface area contributed by atoms with E-state index in [-0.39, 0.29) is 18.1 Å². The summed E-state index contributed by atoms with van der Waals surface area (Å²) in [6.45, 7) is 3.70. The smallest absolute Gasteiger partial charge is 0.249 e. The first-order chi connectivity index (χ1) is 11.7. The summed E-state index contributed by atoms with van der Waals surface area (Å²) in [5.74, 6) is 1.48. The van der Waals surface area contributed by atoms with Crippen molar-refractivity contribution in [2.24, 2.45) is 5.92 Å². The molecule has 6 nitrogen and oxygen atoms in total. The van der Waals surface area contributed by atoms with Crippen LogP contribution in [0.3, 0.4) is 0 Å². The maximum atomic E-state index is 12.5.